The van der Waals surface area contributed by atoms with Crippen molar-refractivity contribution in [3.63, 3.8) is 0 Å². The molecule has 3 heteroatoms. The van der Waals surface area contributed by atoms with Crippen LogP contribution < -0.4 is 10.2 Å². The van der Waals surface area contributed by atoms with Crippen molar-refractivity contribution in [2.24, 2.45) is 0 Å². The summed E-state index contributed by atoms with van der Waals surface area (Å²) >= 11 is 0. The van der Waals surface area contributed by atoms with Crippen LogP contribution in [0.1, 0.15) is 31.2 Å². The summed E-state index contributed by atoms with van der Waals surface area (Å²) in [6.45, 7) is 2.76. The number of rotatable bonds is 3. The maximum absolute atomic E-state index is 13.9. The molecule has 0 spiro atoms. The van der Waals surface area contributed by atoms with Gasteiger partial charge in [-0.15, -0.1) is 0 Å². The van der Waals surface area contributed by atoms with Crippen LogP contribution in [0.4, 0.5) is 10.1 Å². The van der Waals surface area contributed by atoms with Crippen molar-refractivity contribution in [2.75, 3.05) is 25.0 Å². The predicted molar refractivity (Wildman–Crippen MR) is 69.8 cm³/mol. The van der Waals surface area contributed by atoms with E-state index >= 15 is 0 Å². The molecule has 1 aliphatic rings. The lowest BCUT2D eigenvalue weighted by molar-refractivity contribution is 0.615. The van der Waals surface area contributed by atoms with E-state index < -0.39 is 0 Å². The molecule has 17 heavy (non-hydrogen) atoms. The van der Waals surface area contributed by atoms with E-state index in [-0.39, 0.29) is 5.82 Å². The smallest absolute Gasteiger partial charge is 0.146 e. The Hall–Kier alpha value is -1.09. The second kappa shape index (κ2) is 6.01. The highest BCUT2D eigenvalue weighted by atomic mass is 19.1. The van der Waals surface area contributed by atoms with Crippen LogP contribution in [0.3, 0.4) is 0 Å². The Morgan fingerprint density at radius 1 is 1.18 bits per heavy atom. The SMILES string of the molecule is CNCc1ccc(F)c(N2CCCCCC2)c1. The Labute approximate surface area is 103 Å². The van der Waals surface area contributed by atoms with Crippen LogP contribution in [0, 0.1) is 5.82 Å². The van der Waals surface area contributed by atoms with Crippen LogP contribution in [-0.2, 0) is 6.54 Å². The fraction of sp³-hybridized carbons (Fsp3) is 0.571. The molecule has 0 radical (unpaired) electrons. The lowest BCUT2D eigenvalue weighted by Crippen LogP contribution is -2.25. The molecule has 2 rings (SSSR count). The molecule has 1 N–H and O–H groups in total. The van der Waals surface area contributed by atoms with Gasteiger partial charge in [0.15, 0.2) is 0 Å². The topological polar surface area (TPSA) is 15.3 Å². The Balaban J connectivity index is 2.19. The van der Waals surface area contributed by atoms with E-state index in [4.69, 9.17) is 0 Å². The summed E-state index contributed by atoms with van der Waals surface area (Å²) in [5.74, 6) is -0.0910. The third kappa shape index (κ3) is 3.19. The zero-order chi connectivity index (χ0) is 12.1. The number of hydrogen-bond donors (Lipinski definition) is 1. The van der Waals surface area contributed by atoms with Crippen molar-refractivity contribution < 1.29 is 4.39 Å². The minimum atomic E-state index is -0.0910. The Kier molecular flexibility index (Phi) is 4.37. The van der Waals surface area contributed by atoms with Crippen molar-refractivity contribution >= 4 is 5.69 Å². The van der Waals surface area contributed by atoms with Crippen LogP contribution in [-0.4, -0.2) is 20.1 Å². The normalized spacial score (nSPS) is 16.9. The van der Waals surface area contributed by atoms with Gasteiger partial charge in [0.25, 0.3) is 0 Å². The van der Waals surface area contributed by atoms with E-state index in [1.54, 1.807) is 6.07 Å². The average Bonchev–Trinajstić information content (AvgIpc) is 2.60. The molecule has 1 heterocycles. The van der Waals surface area contributed by atoms with Gasteiger partial charge in [-0.2, -0.15) is 0 Å². The number of nitrogens with one attached hydrogen (secondary N) is 1. The molecular weight excluding hydrogens is 215 g/mol. The van der Waals surface area contributed by atoms with Gasteiger partial charge in [0.05, 0.1) is 5.69 Å². The monoisotopic (exact) mass is 236 g/mol. The van der Waals surface area contributed by atoms with Crippen molar-refractivity contribution in [1.82, 2.24) is 5.32 Å². The van der Waals surface area contributed by atoms with Gasteiger partial charge < -0.3 is 10.2 Å². The number of halogens is 1. The molecule has 1 aromatic carbocycles. The molecule has 0 aromatic heterocycles. The minimum Gasteiger partial charge on any atom is -0.369 e. The van der Waals surface area contributed by atoms with Gasteiger partial charge in [0, 0.05) is 19.6 Å². The zero-order valence-corrected chi connectivity index (χ0v) is 10.5. The highest BCUT2D eigenvalue weighted by molar-refractivity contribution is 5.50. The largest absolute Gasteiger partial charge is 0.369 e. The second-order valence-electron chi connectivity index (χ2n) is 4.72. The first-order chi connectivity index (χ1) is 8.31. The molecule has 0 atom stereocenters. The van der Waals surface area contributed by atoms with Gasteiger partial charge >= 0.3 is 0 Å². The first-order valence-electron chi connectivity index (χ1n) is 6.49. The molecule has 1 aliphatic heterocycles. The maximum Gasteiger partial charge on any atom is 0.146 e. The van der Waals surface area contributed by atoms with Crippen molar-refractivity contribution in [2.45, 2.75) is 32.2 Å². The fourth-order valence-corrected chi connectivity index (χ4v) is 2.43. The van der Waals surface area contributed by atoms with Crippen molar-refractivity contribution in [3.05, 3.63) is 29.6 Å². The summed E-state index contributed by atoms with van der Waals surface area (Å²) < 4.78 is 13.9. The van der Waals surface area contributed by atoms with Gasteiger partial charge in [-0.25, -0.2) is 4.39 Å². The van der Waals surface area contributed by atoms with E-state index in [2.05, 4.69) is 10.2 Å². The van der Waals surface area contributed by atoms with E-state index in [0.717, 1.165) is 30.9 Å². The highest BCUT2D eigenvalue weighted by Crippen LogP contribution is 2.24. The quantitative estimate of drug-likeness (QED) is 0.868. The van der Waals surface area contributed by atoms with Gasteiger partial charge in [-0.3, -0.25) is 0 Å². The number of anilines is 1. The van der Waals surface area contributed by atoms with E-state index in [0.29, 0.717) is 0 Å². The standard InChI is InChI=1S/C14H21FN2/c1-16-11-12-6-7-13(15)14(10-12)17-8-4-2-3-5-9-17/h6-7,10,16H,2-5,8-9,11H2,1H3. The molecule has 0 amide bonds. The van der Waals surface area contributed by atoms with Crippen LogP contribution in [0.2, 0.25) is 0 Å². The summed E-state index contributed by atoms with van der Waals surface area (Å²) in [5, 5.41) is 3.10. The molecule has 1 aromatic rings. The van der Waals surface area contributed by atoms with Crippen LogP contribution in [0.25, 0.3) is 0 Å². The Morgan fingerprint density at radius 2 is 1.88 bits per heavy atom. The van der Waals surface area contributed by atoms with Crippen LogP contribution in [0.15, 0.2) is 18.2 Å². The summed E-state index contributed by atoms with van der Waals surface area (Å²) in [5.41, 5.74) is 1.92. The lowest BCUT2D eigenvalue weighted by Gasteiger charge is -2.23. The Morgan fingerprint density at radius 3 is 2.53 bits per heavy atom. The first kappa shape index (κ1) is 12.4. The molecule has 2 nitrogen and oxygen atoms in total. The van der Waals surface area contributed by atoms with E-state index in [9.17, 15) is 4.39 Å². The van der Waals surface area contributed by atoms with Crippen molar-refractivity contribution in [1.29, 1.82) is 0 Å². The fourth-order valence-electron chi connectivity index (χ4n) is 2.43. The van der Waals surface area contributed by atoms with Gasteiger partial charge in [-0.1, -0.05) is 18.9 Å². The number of benzene rings is 1. The summed E-state index contributed by atoms with van der Waals surface area (Å²) in [6.07, 6.45) is 4.90. The molecular formula is C14H21FN2. The lowest BCUT2D eigenvalue weighted by atomic mass is 10.1. The third-order valence-corrected chi connectivity index (χ3v) is 3.34. The number of nitrogens with zero attached hydrogens (tertiary/aromatic N) is 1. The van der Waals surface area contributed by atoms with Gasteiger partial charge in [-0.05, 0) is 37.6 Å². The molecule has 0 bridgehead atoms. The van der Waals surface area contributed by atoms with Gasteiger partial charge in [0.2, 0.25) is 0 Å². The molecule has 94 valence electrons. The number of hydrogen-bond acceptors (Lipinski definition) is 2. The predicted octanol–water partition coefficient (Wildman–Crippen LogP) is 2.93. The summed E-state index contributed by atoms with van der Waals surface area (Å²) in [7, 11) is 1.91. The van der Waals surface area contributed by atoms with Crippen LogP contribution in [0.5, 0.6) is 0 Å². The molecule has 0 unspecified atom stereocenters. The van der Waals surface area contributed by atoms with E-state index in [1.807, 2.05) is 19.2 Å². The summed E-state index contributed by atoms with van der Waals surface area (Å²) in [6, 6.07) is 5.43. The van der Waals surface area contributed by atoms with Crippen molar-refractivity contribution in [3.8, 4) is 0 Å². The summed E-state index contributed by atoms with van der Waals surface area (Å²) in [4.78, 5) is 2.20. The first-order valence-corrected chi connectivity index (χ1v) is 6.49. The molecule has 1 saturated heterocycles. The Bertz CT molecular complexity index is 357. The third-order valence-electron chi connectivity index (χ3n) is 3.34. The highest BCUT2D eigenvalue weighted by Gasteiger charge is 2.14. The molecule has 1 fully saturated rings. The van der Waals surface area contributed by atoms with E-state index in [1.165, 1.54) is 25.7 Å². The van der Waals surface area contributed by atoms with Gasteiger partial charge in [0.1, 0.15) is 5.82 Å². The minimum absolute atomic E-state index is 0.0910. The maximum atomic E-state index is 13.9. The zero-order valence-electron chi connectivity index (χ0n) is 10.5. The molecule has 0 saturated carbocycles. The molecule has 0 aliphatic carbocycles. The van der Waals surface area contributed by atoms with Crippen LogP contribution >= 0.6 is 0 Å². The second-order valence-corrected chi connectivity index (χ2v) is 4.72. The average molecular weight is 236 g/mol.